The van der Waals surface area contributed by atoms with Crippen LogP contribution in [0.1, 0.15) is 42.7 Å². The molecule has 0 aromatic heterocycles. The van der Waals surface area contributed by atoms with Crippen LogP contribution in [-0.2, 0) is 19.1 Å². The van der Waals surface area contributed by atoms with Crippen molar-refractivity contribution in [3.63, 3.8) is 0 Å². The van der Waals surface area contributed by atoms with Crippen LogP contribution in [0.4, 0.5) is 4.79 Å². The highest BCUT2D eigenvalue weighted by Gasteiger charge is 2.32. The number of alkyl carbamates (subject to hydrolysis) is 1. The third kappa shape index (κ3) is 5.22. The highest BCUT2D eigenvalue weighted by Crippen LogP contribution is 2.44. The van der Waals surface area contributed by atoms with Crippen molar-refractivity contribution in [1.29, 1.82) is 0 Å². The summed E-state index contributed by atoms with van der Waals surface area (Å²) in [6.07, 6.45) is 1.73. The normalized spacial score (nSPS) is 20.0. The van der Waals surface area contributed by atoms with E-state index < -0.39 is 29.9 Å². The van der Waals surface area contributed by atoms with E-state index in [4.69, 9.17) is 9.47 Å². The average Bonchev–Trinajstić information content (AvgIpc) is 3.16. The number of amides is 2. The molecule has 8 heteroatoms. The van der Waals surface area contributed by atoms with Gasteiger partial charge in [0.15, 0.2) is 0 Å². The van der Waals surface area contributed by atoms with Crippen LogP contribution in [0.15, 0.2) is 48.5 Å². The predicted molar refractivity (Wildman–Crippen MR) is 125 cm³/mol. The molecule has 180 valence electrons. The monoisotopic (exact) mass is 466 g/mol. The molecule has 0 saturated heterocycles. The number of methoxy groups -OCH3 is 1. The number of carbonyl (C=O) groups is 3. The summed E-state index contributed by atoms with van der Waals surface area (Å²) in [7, 11) is 1.45. The quantitative estimate of drug-likeness (QED) is 0.550. The number of carboxylic acids is 1. The number of carbonyl (C=O) groups excluding carboxylic acids is 2. The largest absolute Gasteiger partial charge is 0.481 e. The third-order valence-electron chi connectivity index (χ3n) is 6.66. The standard InChI is InChI=1S/C26H30N2O6/c1-33-15-23(24(29)27-17-8-6-7-16(13-17)25(30)31)28-26(32)34-14-22-20-11-4-2-9-18(20)19-10-3-5-12-21(19)22/h2-5,9-12,16-17,22-23H,6-8,13-15H2,1H3,(H,27,29)(H,28,32)(H,30,31)/t16?,17?,23-/m0/s1. The van der Waals surface area contributed by atoms with Crippen molar-refractivity contribution in [1.82, 2.24) is 10.6 Å². The maximum Gasteiger partial charge on any atom is 0.407 e. The number of aliphatic carboxylic acids is 1. The molecule has 0 spiro atoms. The average molecular weight is 467 g/mol. The van der Waals surface area contributed by atoms with Crippen molar-refractivity contribution in [2.75, 3.05) is 20.3 Å². The molecule has 2 aromatic carbocycles. The molecule has 0 heterocycles. The summed E-state index contributed by atoms with van der Waals surface area (Å²) in [6.45, 7) is 0.120. The molecule has 1 fully saturated rings. The molecule has 2 aliphatic carbocycles. The number of hydrogen-bond acceptors (Lipinski definition) is 5. The molecule has 3 atom stereocenters. The molecular weight excluding hydrogens is 436 g/mol. The van der Waals surface area contributed by atoms with Crippen LogP contribution < -0.4 is 10.6 Å². The minimum Gasteiger partial charge on any atom is -0.481 e. The zero-order valence-electron chi connectivity index (χ0n) is 19.2. The van der Waals surface area contributed by atoms with Crippen molar-refractivity contribution in [2.24, 2.45) is 5.92 Å². The summed E-state index contributed by atoms with van der Waals surface area (Å²) in [5.74, 6) is -1.80. The van der Waals surface area contributed by atoms with E-state index in [-0.39, 0.29) is 25.2 Å². The van der Waals surface area contributed by atoms with Crippen molar-refractivity contribution in [3.05, 3.63) is 59.7 Å². The van der Waals surface area contributed by atoms with Crippen molar-refractivity contribution < 1.29 is 29.0 Å². The number of fused-ring (bicyclic) bond motifs is 3. The van der Waals surface area contributed by atoms with Crippen LogP contribution in [0.3, 0.4) is 0 Å². The molecule has 0 bridgehead atoms. The van der Waals surface area contributed by atoms with Gasteiger partial charge in [0.2, 0.25) is 5.91 Å². The number of nitrogens with one attached hydrogen (secondary N) is 2. The first-order valence-corrected chi connectivity index (χ1v) is 11.6. The van der Waals surface area contributed by atoms with Gasteiger partial charge in [-0.15, -0.1) is 0 Å². The summed E-state index contributed by atoms with van der Waals surface area (Å²) in [5, 5.41) is 14.7. The second kappa shape index (κ2) is 10.7. The van der Waals surface area contributed by atoms with Gasteiger partial charge in [0.1, 0.15) is 12.6 Å². The van der Waals surface area contributed by atoms with Gasteiger partial charge in [0, 0.05) is 19.1 Å². The van der Waals surface area contributed by atoms with E-state index in [2.05, 4.69) is 22.8 Å². The number of ether oxygens (including phenoxy) is 2. The molecular formula is C26H30N2O6. The van der Waals surface area contributed by atoms with Gasteiger partial charge in [0.25, 0.3) is 0 Å². The molecule has 2 unspecified atom stereocenters. The second-order valence-corrected chi connectivity index (χ2v) is 8.89. The van der Waals surface area contributed by atoms with Gasteiger partial charge in [-0.05, 0) is 41.5 Å². The summed E-state index contributed by atoms with van der Waals surface area (Å²) in [5.41, 5.74) is 4.48. The molecule has 2 aliphatic rings. The van der Waals surface area contributed by atoms with Crippen LogP contribution in [0.5, 0.6) is 0 Å². The van der Waals surface area contributed by atoms with E-state index in [0.29, 0.717) is 19.3 Å². The Kier molecular flexibility index (Phi) is 7.47. The van der Waals surface area contributed by atoms with Gasteiger partial charge in [-0.2, -0.15) is 0 Å². The van der Waals surface area contributed by atoms with Gasteiger partial charge in [0.05, 0.1) is 12.5 Å². The topological polar surface area (TPSA) is 114 Å². The van der Waals surface area contributed by atoms with Crippen molar-refractivity contribution in [3.8, 4) is 11.1 Å². The van der Waals surface area contributed by atoms with Crippen LogP contribution in [-0.4, -0.2) is 55.5 Å². The maximum absolute atomic E-state index is 12.8. The lowest BCUT2D eigenvalue weighted by Crippen LogP contribution is -2.52. The molecule has 2 aromatic rings. The number of rotatable bonds is 8. The van der Waals surface area contributed by atoms with Crippen LogP contribution >= 0.6 is 0 Å². The van der Waals surface area contributed by atoms with Crippen LogP contribution in [0.2, 0.25) is 0 Å². The van der Waals surface area contributed by atoms with Crippen LogP contribution in [0.25, 0.3) is 11.1 Å². The van der Waals surface area contributed by atoms with E-state index in [1.165, 1.54) is 7.11 Å². The smallest absolute Gasteiger partial charge is 0.407 e. The third-order valence-corrected chi connectivity index (χ3v) is 6.66. The molecule has 0 radical (unpaired) electrons. The Morgan fingerprint density at radius 2 is 1.68 bits per heavy atom. The Labute approximate surface area is 198 Å². The first-order valence-electron chi connectivity index (χ1n) is 11.6. The minimum absolute atomic E-state index is 0.0227. The predicted octanol–water partition coefficient (Wildman–Crippen LogP) is 3.30. The Balaban J connectivity index is 1.35. The number of carboxylic acid groups (broad SMARTS) is 1. The summed E-state index contributed by atoms with van der Waals surface area (Å²) in [6, 6.07) is 14.9. The zero-order chi connectivity index (χ0) is 24.1. The molecule has 0 aliphatic heterocycles. The van der Waals surface area contributed by atoms with E-state index in [0.717, 1.165) is 28.7 Å². The van der Waals surface area contributed by atoms with E-state index >= 15 is 0 Å². The highest BCUT2D eigenvalue weighted by atomic mass is 16.5. The lowest BCUT2D eigenvalue weighted by molar-refractivity contribution is -0.143. The molecule has 8 nitrogen and oxygen atoms in total. The van der Waals surface area contributed by atoms with Gasteiger partial charge in [-0.3, -0.25) is 9.59 Å². The van der Waals surface area contributed by atoms with Gasteiger partial charge < -0.3 is 25.2 Å². The molecule has 1 saturated carbocycles. The van der Waals surface area contributed by atoms with Gasteiger partial charge in [-0.25, -0.2) is 4.79 Å². The molecule has 34 heavy (non-hydrogen) atoms. The fourth-order valence-corrected chi connectivity index (χ4v) is 4.98. The molecule has 4 rings (SSSR count). The highest BCUT2D eigenvalue weighted by molar-refractivity contribution is 5.86. The SMILES string of the molecule is COC[C@H](NC(=O)OCC1c2ccccc2-c2ccccc21)C(=O)NC1CCCC(C(=O)O)C1. The number of benzene rings is 2. The summed E-state index contributed by atoms with van der Waals surface area (Å²) < 4.78 is 10.7. The Morgan fingerprint density at radius 3 is 2.29 bits per heavy atom. The van der Waals surface area contributed by atoms with Gasteiger partial charge in [-0.1, -0.05) is 55.0 Å². The first kappa shape index (κ1) is 23.8. The Hall–Kier alpha value is -3.39. The Bertz CT molecular complexity index is 1010. The lowest BCUT2D eigenvalue weighted by atomic mass is 9.85. The summed E-state index contributed by atoms with van der Waals surface area (Å²) >= 11 is 0. The fraction of sp³-hybridized carbons (Fsp3) is 0.423. The van der Waals surface area contributed by atoms with E-state index in [9.17, 15) is 19.5 Å². The minimum atomic E-state index is -0.939. The molecule has 3 N–H and O–H groups in total. The van der Waals surface area contributed by atoms with Crippen molar-refractivity contribution >= 4 is 18.0 Å². The van der Waals surface area contributed by atoms with Gasteiger partial charge >= 0.3 is 12.1 Å². The fourth-order valence-electron chi connectivity index (χ4n) is 4.98. The van der Waals surface area contributed by atoms with Crippen molar-refractivity contribution in [2.45, 2.75) is 43.7 Å². The lowest BCUT2D eigenvalue weighted by Gasteiger charge is -2.29. The zero-order valence-corrected chi connectivity index (χ0v) is 19.2. The van der Waals surface area contributed by atoms with Crippen LogP contribution in [0, 0.1) is 5.92 Å². The molecule has 2 amide bonds. The van der Waals surface area contributed by atoms with E-state index in [1.807, 2.05) is 36.4 Å². The first-order chi connectivity index (χ1) is 16.5. The Morgan fingerprint density at radius 1 is 1.03 bits per heavy atom. The summed E-state index contributed by atoms with van der Waals surface area (Å²) in [4.78, 5) is 36.7. The number of hydrogen-bond donors (Lipinski definition) is 3. The maximum atomic E-state index is 12.8. The van der Waals surface area contributed by atoms with E-state index in [1.54, 1.807) is 0 Å². The second-order valence-electron chi connectivity index (χ2n) is 8.89.